The molecule has 0 bridgehead atoms. The van der Waals surface area contributed by atoms with Crippen molar-refractivity contribution in [2.75, 3.05) is 32.7 Å². The molecule has 0 aliphatic carbocycles. The number of amides is 2. The summed E-state index contributed by atoms with van der Waals surface area (Å²) < 4.78 is 15.7. The van der Waals surface area contributed by atoms with Crippen molar-refractivity contribution in [1.29, 1.82) is 0 Å². The van der Waals surface area contributed by atoms with Crippen LogP contribution in [-0.4, -0.2) is 45.2 Å². The minimum absolute atomic E-state index is 0.222. The lowest BCUT2D eigenvalue weighted by molar-refractivity contribution is -0.119. The number of hydrogen-bond donors (Lipinski definition) is 2. The molecular weight excluding hydrogens is 376 g/mol. The fourth-order valence-electron chi connectivity index (χ4n) is 2.49. The first-order valence-corrected chi connectivity index (χ1v) is 9.02. The maximum Gasteiger partial charge on any atom is 0.338 e. The topological polar surface area (TPSA) is 103 Å². The molecule has 8 nitrogen and oxygen atoms in total. The molecule has 2 aromatic rings. The van der Waals surface area contributed by atoms with Gasteiger partial charge in [-0.05, 0) is 49.4 Å². The quantitative estimate of drug-likeness (QED) is 0.627. The molecule has 0 saturated heterocycles. The molecule has 0 saturated carbocycles. The van der Waals surface area contributed by atoms with E-state index < -0.39 is 18.5 Å². The number of esters is 1. The Bertz CT molecular complexity index is 864. The Kier molecular flexibility index (Phi) is 8.17. The Balaban J connectivity index is 1.92. The Morgan fingerprint density at radius 1 is 1.00 bits per heavy atom. The average Bonchev–Trinajstić information content (AvgIpc) is 2.75. The number of methoxy groups -OCH3 is 1. The molecule has 0 spiro atoms. The van der Waals surface area contributed by atoms with Crippen LogP contribution in [0.4, 0.5) is 5.69 Å². The van der Waals surface area contributed by atoms with Crippen LogP contribution < -0.4 is 15.4 Å². The minimum atomic E-state index is -0.629. The van der Waals surface area contributed by atoms with E-state index in [1.807, 2.05) is 6.92 Å². The highest BCUT2D eigenvalue weighted by Gasteiger charge is 2.14. The molecule has 2 rings (SSSR count). The zero-order valence-electron chi connectivity index (χ0n) is 16.6. The van der Waals surface area contributed by atoms with Crippen molar-refractivity contribution in [3.05, 3.63) is 59.2 Å². The molecule has 0 fully saturated rings. The van der Waals surface area contributed by atoms with Crippen LogP contribution in [0, 0.1) is 0 Å². The SMILES string of the molecule is CCOCc1cc(C(=O)OCC(=O)Nc2ccc(C(=O)NC)cc2)ccc1OC. The molecule has 29 heavy (non-hydrogen) atoms. The highest BCUT2D eigenvalue weighted by atomic mass is 16.5. The van der Waals surface area contributed by atoms with E-state index in [-0.39, 0.29) is 5.91 Å². The van der Waals surface area contributed by atoms with Crippen molar-refractivity contribution in [3.63, 3.8) is 0 Å². The smallest absolute Gasteiger partial charge is 0.338 e. The van der Waals surface area contributed by atoms with E-state index in [4.69, 9.17) is 14.2 Å². The van der Waals surface area contributed by atoms with Gasteiger partial charge in [-0.2, -0.15) is 0 Å². The number of hydrogen-bond acceptors (Lipinski definition) is 6. The highest BCUT2D eigenvalue weighted by molar-refractivity contribution is 5.97. The monoisotopic (exact) mass is 400 g/mol. The molecule has 154 valence electrons. The summed E-state index contributed by atoms with van der Waals surface area (Å²) in [6, 6.07) is 11.2. The lowest BCUT2D eigenvalue weighted by Gasteiger charge is -2.11. The summed E-state index contributed by atoms with van der Waals surface area (Å²) in [6.45, 7) is 2.26. The van der Waals surface area contributed by atoms with Crippen LogP contribution in [0.2, 0.25) is 0 Å². The summed E-state index contributed by atoms with van der Waals surface area (Å²) in [5.74, 6) is -0.738. The van der Waals surface area contributed by atoms with Crippen LogP contribution in [0.5, 0.6) is 5.75 Å². The molecule has 2 amide bonds. The van der Waals surface area contributed by atoms with E-state index in [0.717, 1.165) is 0 Å². The molecular formula is C21H24N2O6. The normalized spacial score (nSPS) is 10.2. The first kappa shape index (κ1) is 21.9. The molecule has 8 heteroatoms. The first-order valence-electron chi connectivity index (χ1n) is 9.02. The molecule has 0 aromatic heterocycles. The fraction of sp³-hybridized carbons (Fsp3) is 0.286. The largest absolute Gasteiger partial charge is 0.496 e. The van der Waals surface area contributed by atoms with E-state index in [1.165, 1.54) is 14.2 Å². The predicted molar refractivity (Wildman–Crippen MR) is 107 cm³/mol. The van der Waals surface area contributed by atoms with Gasteiger partial charge in [-0.25, -0.2) is 4.79 Å². The fourth-order valence-corrected chi connectivity index (χ4v) is 2.49. The number of ether oxygens (including phenoxy) is 3. The van der Waals surface area contributed by atoms with Crippen molar-refractivity contribution < 1.29 is 28.6 Å². The van der Waals surface area contributed by atoms with Crippen LogP contribution in [0.25, 0.3) is 0 Å². The number of benzene rings is 2. The summed E-state index contributed by atoms with van der Waals surface area (Å²) >= 11 is 0. The summed E-state index contributed by atoms with van der Waals surface area (Å²) in [5, 5.41) is 5.12. The average molecular weight is 400 g/mol. The van der Waals surface area contributed by atoms with E-state index >= 15 is 0 Å². The summed E-state index contributed by atoms with van der Waals surface area (Å²) in [4.78, 5) is 35.8. The standard InChI is InChI=1S/C21H24N2O6/c1-4-28-12-16-11-15(7-10-18(16)27-3)21(26)29-13-19(24)23-17-8-5-14(6-9-17)20(25)22-2/h5-11H,4,12-13H2,1-3H3,(H,22,25)(H,23,24). The molecule has 0 aliphatic heterocycles. The van der Waals surface area contributed by atoms with Gasteiger partial charge in [-0.15, -0.1) is 0 Å². The molecule has 0 heterocycles. The number of anilines is 1. The van der Waals surface area contributed by atoms with Crippen LogP contribution in [0.3, 0.4) is 0 Å². The Morgan fingerprint density at radius 3 is 2.31 bits per heavy atom. The summed E-state index contributed by atoms with van der Waals surface area (Å²) in [7, 11) is 3.07. The molecule has 2 aromatic carbocycles. The van der Waals surface area contributed by atoms with Gasteiger partial charge in [0.25, 0.3) is 11.8 Å². The van der Waals surface area contributed by atoms with Crippen LogP contribution in [-0.2, 0) is 20.9 Å². The van der Waals surface area contributed by atoms with Gasteiger partial charge in [0.05, 0.1) is 19.3 Å². The number of carbonyl (C=O) groups excluding carboxylic acids is 3. The van der Waals surface area contributed by atoms with Crippen molar-refractivity contribution in [3.8, 4) is 5.75 Å². The zero-order chi connectivity index (χ0) is 21.2. The Morgan fingerprint density at radius 2 is 1.69 bits per heavy atom. The van der Waals surface area contributed by atoms with E-state index in [0.29, 0.717) is 41.3 Å². The number of carbonyl (C=O) groups is 3. The van der Waals surface area contributed by atoms with Gasteiger partial charge < -0.3 is 24.8 Å². The zero-order valence-corrected chi connectivity index (χ0v) is 16.6. The lowest BCUT2D eigenvalue weighted by atomic mass is 10.1. The van der Waals surface area contributed by atoms with Crippen LogP contribution in [0.1, 0.15) is 33.2 Å². The maximum atomic E-state index is 12.3. The van der Waals surface area contributed by atoms with Crippen molar-refractivity contribution >= 4 is 23.5 Å². The van der Waals surface area contributed by atoms with Gasteiger partial charge in [0, 0.05) is 30.5 Å². The van der Waals surface area contributed by atoms with Gasteiger partial charge in [0.15, 0.2) is 6.61 Å². The van der Waals surface area contributed by atoms with Crippen LogP contribution >= 0.6 is 0 Å². The molecule has 0 unspecified atom stereocenters. The third-order valence-corrected chi connectivity index (χ3v) is 3.97. The molecule has 0 aliphatic rings. The van der Waals surface area contributed by atoms with Crippen molar-refractivity contribution in [1.82, 2.24) is 5.32 Å². The van der Waals surface area contributed by atoms with Gasteiger partial charge in [-0.1, -0.05) is 0 Å². The lowest BCUT2D eigenvalue weighted by Crippen LogP contribution is -2.21. The second-order valence-electron chi connectivity index (χ2n) is 5.94. The van der Waals surface area contributed by atoms with E-state index in [1.54, 1.807) is 42.5 Å². The third kappa shape index (κ3) is 6.32. The number of rotatable bonds is 9. The summed E-state index contributed by atoms with van der Waals surface area (Å²) in [6.07, 6.45) is 0. The number of nitrogens with one attached hydrogen (secondary N) is 2. The predicted octanol–water partition coefficient (Wildman–Crippen LogP) is 2.39. The highest BCUT2D eigenvalue weighted by Crippen LogP contribution is 2.21. The van der Waals surface area contributed by atoms with Crippen molar-refractivity contribution in [2.45, 2.75) is 13.5 Å². The van der Waals surface area contributed by atoms with Crippen molar-refractivity contribution in [2.24, 2.45) is 0 Å². The Hall–Kier alpha value is -3.39. The first-order chi connectivity index (χ1) is 14.0. The van der Waals surface area contributed by atoms with Crippen LogP contribution in [0.15, 0.2) is 42.5 Å². The third-order valence-electron chi connectivity index (χ3n) is 3.97. The van der Waals surface area contributed by atoms with Gasteiger partial charge in [0.1, 0.15) is 5.75 Å². The molecule has 0 radical (unpaired) electrons. The van der Waals surface area contributed by atoms with Gasteiger partial charge in [0.2, 0.25) is 0 Å². The van der Waals surface area contributed by atoms with Gasteiger partial charge >= 0.3 is 5.97 Å². The second kappa shape index (κ2) is 10.8. The van der Waals surface area contributed by atoms with E-state index in [2.05, 4.69) is 10.6 Å². The van der Waals surface area contributed by atoms with E-state index in [9.17, 15) is 14.4 Å². The van der Waals surface area contributed by atoms with Gasteiger partial charge in [-0.3, -0.25) is 9.59 Å². The molecule has 2 N–H and O–H groups in total. The summed E-state index contributed by atoms with van der Waals surface area (Å²) in [5.41, 5.74) is 1.97. The minimum Gasteiger partial charge on any atom is -0.496 e. The maximum absolute atomic E-state index is 12.3. The Labute approximate surface area is 169 Å². The second-order valence-corrected chi connectivity index (χ2v) is 5.94. The molecule has 0 atom stereocenters.